The van der Waals surface area contributed by atoms with Crippen LogP contribution in [0.5, 0.6) is 0 Å². The summed E-state index contributed by atoms with van der Waals surface area (Å²) in [6, 6.07) is 9.45. The quantitative estimate of drug-likeness (QED) is 0.584. The van der Waals surface area contributed by atoms with Crippen molar-refractivity contribution < 1.29 is 9.32 Å². The first-order valence-electron chi connectivity index (χ1n) is 7.17. The SMILES string of the molecule is Cc1cc(NC(=O)C(C)Sc2nc(C)nc3ccccc23)on1. The van der Waals surface area contributed by atoms with E-state index in [9.17, 15) is 4.79 Å². The predicted molar refractivity (Wildman–Crippen MR) is 89.5 cm³/mol. The molecule has 23 heavy (non-hydrogen) atoms. The van der Waals surface area contributed by atoms with E-state index in [1.54, 1.807) is 13.0 Å². The number of para-hydroxylation sites is 1. The number of aryl methyl sites for hydroxylation is 2. The first-order chi connectivity index (χ1) is 11.0. The van der Waals surface area contributed by atoms with E-state index in [1.807, 2.05) is 38.1 Å². The average Bonchev–Trinajstić information content (AvgIpc) is 2.92. The Morgan fingerprint density at radius 2 is 2.04 bits per heavy atom. The summed E-state index contributed by atoms with van der Waals surface area (Å²) in [5, 5.41) is 7.87. The van der Waals surface area contributed by atoms with Crippen molar-refractivity contribution in [3.05, 3.63) is 41.9 Å². The Morgan fingerprint density at radius 1 is 1.26 bits per heavy atom. The van der Waals surface area contributed by atoms with E-state index in [4.69, 9.17) is 4.52 Å². The summed E-state index contributed by atoms with van der Waals surface area (Å²) in [5.74, 6) is 0.875. The van der Waals surface area contributed by atoms with E-state index in [1.165, 1.54) is 11.8 Å². The van der Waals surface area contributed by atoms with Crippen molar-refractivity contribution in [2.24, 2.45) is 0 Å². The minimum atomic E-state index is -0.335. The number of carbonyl (C=O) groups is 1. The van der Waals surface area contributed by atoms with Crippen LogP contribution in [0, 0.1) is 13.8 Å². The second kappa shape index (κ2) is 6.37. The van der Waals surface area contributed by atoms with Crippen LogP contribution in [0.1, 0.15) is 18.4 Å². The van der Waals surface area contributed by atoms with Crippen LogP contribution >= 0.6 is 11.8 Å². The molecule has 6 nitrogen and oxygen atoms in total. The van der Waals surface area contributed by atoms with Gasteiger partial charge in [0, 0.05) is 11.5 Å². The third-order valence-electron chi connectivity index (χ3n) is 3.21. The first kappa shape index (κ1) is 15.5. The van der Waals surface area contributed by atoms with Crippen molar-refractivity contribution >= 4 is 34.5 Å². The average molecular weight is 328 g/mol. The van der Waals surface area contributed by atoms with Crippen molar-refractivity contribution in [2.75, 3.05) is 5.32 Å². The molecule has 1 aromatic carbocycles. The molecular weight excluding hydrogens is 312 g/mol. The Labute approximate surface area is 137 Å². The minimum Gasteiger partial charge on any atom is -0.338 e. The molecule has 0 aliphatic heterocycles. The number of anilines is 1. The molecule has 0 saturated carbocycles. The zero-order chi connectivity index (χ0) is 16.4. The van der Waals surface area contributed by atoms with E-state index in [-0.39, 0.29) is 11.2 Å². The standard InChI is InChI=1S/C16H16N4O2S/c1-9-8-14(22-20-9)19-15(21)10(2)23-16-12-6-4-5-7-13(12)17-11(3)18-16/h4-8,10H,1-3H3,(H,19,21). The number of hydrogen-bond donors (Lipinski definition) is 1. The number of benzene rings is 1. The third-order valence-corrected chi connectivity index (χ3v) is 4.31. The van der Waals surface area contributed by atoms with Crippen LogP contribution < -0.4 is 5.32 Å². The van der Waals surface area contributed by atoms with Crippen LogP contribution in [-0.4, -0.2) is 26.3 Å². The fourth-order valence-corrected chi connectivity index (χ4v) is 3.10. The van der Waals surface area contributed by atoms with Gasteiger partial charge >= 0.3 is 0 Å². The van der Waals surface area contributed by atoms with E-state index in [0.717, 1.165) is 21.6 Å². The predicted octanol–water partition coefficient (Wildman–Crippen LogP) is 3.35. The van der Waals surface area contributed by atoms with E-state index in [2.05, 4.69) is 20.4 Å². The second-order valence-electron chi connectivity index (χ2n) is 5.17. The van der Waals surface area contributed by atoms with Gasteiger partial charge in [-0.05, 0) is 26.8 Å². The lowest BCUT2D eigenvalue weighted by atomic mass is 10.2. The molecule has 3 aromatic rings. The molecule has 118 valence electrons. The second-order valence-corrected chi connectivity index (χ2v) is 6.50. The van der Waals surface area contributed by atoms with Gasteiger partial charge in [0.15, 0.2) is 0 Å². The van der Waals surface area contributed by atoms with Crippen molar-refractivity contribution in [1.82, 2.24) is 15.1 Å². The summed E-state index contributed by atoms with van der Waals surface area (Å²) in [5.41, 5.74) is 1.60. The maximum Gasteiger partial charge on any atom is 0.240 e. The molecule has 0 spiro atoms. The Balaban J connectivity index is 1.79. The van der Waals surface area contributed by atoms with Gasteiger partial charge in [-0.25, -0.2) is 9.97 Å². The number of nitrogens with zero attached hydrogens (tertiary/aromatic N) is 3. The van der Waals surface area contributed by atoms with Gasteiger partial charge in [0.05, 0.1) is 16.5 Å². The Kier molecular flexibility index (Phi) is 4.29. The number of rotatable bonds is 4. The number of nitrogens with one attached hydrogen (secondary N) is 1. The van der Waals surface area contributed by atoms with E-state index < -0.39 is 0 Å². The highest BCUT2D eigenvalue weighted by molar-refractivity contribution is 8.00. The van der Waals surface area contributed by atoms with Gasteiger partial charge in [0.2, 0.25) is 11.8 Å². The van der Waals surface area contributed by atoms with Crippen LogP contribution in [0.15, 0.2) is 39.9 Å². The minimum absolute atomic E-state index is 0.161. The van der Waals surface area contributed by atoms with Gasteiger partial charge in [-0.1, -0.05) is 35.1 Å². The van der Waals surface area contributed by atoms with E-state index >= 15 is 0 Å². The Hall–Kier alpha value is -2.41. The van der Waals surface area contributed by atoms with Crippen molar-refractivity contribution in [3.8, 4) is 0 Å². The number of amides is 1. The highest BCUT2D eigenvalue weighted by Crippen LogP contribution is 2.29. The van der Waals surface area contributed by atoms with Gasteiger partial charge < -0.3 is 4.52 Å². The molecule has 7 heteroatoms. The van der Waals surface area contributed by atoms with E-state index in [0.29, 0.717) is 11.7 Å². The molecule has 2 heterocycles. The van der Waals surface area contributed by atoms with Crippen LogP contribution in [-0.2, 0) is 4.79 Å². The fourth-order valence-electron chi connectivity index (χ4n) is 2.11. The highest BCUT2D eigenvalue weighted by atomic mass is 32.2. The molecule has 0 fully saturated rings. The van der Waals surface area contributed by atoms with Gasteiger partial charge in [0.1, 0.15) is 10.9 Å². The zero-order valence-corrected chi connectivity index (χ0v) is 13.8. The molecule has 0 radical (unpaired) electrons. The number of fused-ring (bicyclic) bond motifs is 1. The van der Waals surface area contributed by atoms with Crippen LogP contribution in [0.25, 0.3) is 10.9 Å². The first-order valence-corrected chi connectivity index (χ1v) is 8.05. The molecular formula is C16H16N4O2S. The van der Waals surface area contributed by atoms with Gasteiger partial charge in [-0.3, -0.25) is 10.1 Å². The lowest BCUT2D eigenvalue weighted by Crippen LogP contribution is -2.22. The topological polar surface area (TPSA) is 80.9 Å². The molecule has 1 unspecified atom stereocenters. The normalized spacial score (nSPS) is 12.3. The molecule has 1 amide bonds. The highest BCUT2D eigenvalue weighted by Gasteiger charge is 2.18. The lowest BCUT2D eigenvalue weighted by molar-refractivity contribution is -0.115. The van der Waals surface area contributed by atoms with Crippen LogP contribution in [0.2, 0.25) is 0 Å². The van der Waals surface area contributed by atoms with Gasteiger partial charge in [-0.15, -0.1) is 0 Å². The molecule has 1 N–H and O–H groups in total. The van der Waals surface area contributed by atoms with Gasteiger partial charge in [0.25, 0.3) is 0 Å². The van der Waals surface area contributed by atoms with Gasteiger partial charge in [-0.2, -0.15) is 0 Å². The maximum absolute atomic E-state index is 12.3. The zero-order valence-electron chi connectivity index (χ0n) is 13.0. The third kappa shape index (κ3) is 3.50. The molecule has 2 aromatic heterocycles. The smallest absolute Gasteiger partial charge is 0.240 e. The van der Waals surface area contributed by atoms with Crippen molar-refractivity contribution in [2.45, 2.75) is 31.0 Å². The monoisotopic (exact) mass is 328 g/mol. The van der Waals surface area contributed by atoms with Crippen LogP contribution in [0.4, 0.5) is 5.88 Å². The summed E-state index contributed by atoms with van der Waals surface area (Å²) in [6.45, 7) is 5.47. The summed E-state index contributed by atoms with van der Waals surface area (Å²) >= 11 is 1.40. The molecule has 3 rings (SSSR count). The summed E-state index contributed by atoms with van der Waals surface area (Å²) in [7, 11) is 0. The largest absolute Gasteiger partial charge is 0.338 e. The summed E-state index contributed by atoms with van der Waals surface area (Å²) in [4.78, 5) is 21.2. The number of hydrogen-bond acceptors (Lipinski definition) is 6. The molecule has 0 aliphatic carbocycles. The molecule has 0 bridgehead atoms. The number of aromatic nitrogens is 3. The summed E-state index contributed by atoms with van der Waals surface area (Å²) < 4.78 is 5.01. The fraction of sp³-hybridized carbons (Fsp3) is 0.250. The number of carbonyl (C=O) groups excluding carboxylic acids is 1. The Morgan fingerprint density at radius 3 is 2.78 bits per heavy atom. The van der Waals surface area contributed by atoms with Crippen molar-refractivity contribution in [3.63, 3.8) is 0 Å². The maximum atomic E-state index is 12.3. The number of thioether (sulfide) groups is 1. The molecule has 1 atom stereocenters. The lowest BCUT2D eigenvalue weighted by Gasteiger charge is -2.11. The molecule has 0 aliphatic rings. The van der Waals surface area contributed by atoms with Crippen molar-refractivity contribution in [1.29, 1.82) is 0 Å². The summed E-state index contributed by atoms with van der Waals surface area (Å²) in [6.07, 6.45) is 0. The van der Waals surface area contributed by atoms with Crippen LogP contribution in [0.3, 0.4) is 0 Å². The Bertz CT molecular complexity index is 862. The molecule has 0 saturated heterocycles.